The Labute approximate surface area is 164 Å². The fraction of sp³-hybridized carbons (Fsp3) is 0.238. The van der Waals surface area contributed by atoms with Crippen LogP contribution in [0.3, 0.4) is 0 Å². The molecule has 0 atom stereocenters. The molecule has 124 valence electrons. The molecule has 2 radical (unpaired) electrons. The van der Waals surface area contributed by atoms with E-state index in [-0.39, 0.29) is 21.7 Å². The maximum absolute atomic E-state index is 9.46. The average molecular weight is 369 g/mol. The minimum atomic E-state index is 0. The fourth-order valence-electron chi connectivity index (χ4n) is 2.07. The summed E-state index contributed by atoms with van der Waals surface area (Å²) in [5.74, 6) is 0.323. The van der Waals surface area contributed by atoms with Gasteiger partial charge in [-0.25, -0.2) is 11.6 Å². The number of hydrogen-bond acceptors (Lipinski definition) is 1. The summed E-state index contributed by atoms with van der Waals surface area (Å²) in [5, 5.41) is 9.46. The fourth-order valence-corrected chi connectivity index (χ4v) is 2.07. The quantitative estimate of drug-likeness (QED) is 0.494. The Morgan fingerprint density at radius 3 is 2.00 bits per heavy atom. The van der Waals surface area contributed by atoms with Gasteiger partial charge in [-0.15, -0.1) is 6.42 Å². The van der Waals surface area contributed by atoms with Crippen LogP contribution >= 0.6 is 0 Å². The first kappa shape index (κ1) is 22.7. The average Bonchev–Trinajstić information content (AvgIpc) is 3.00. The number of benzene rings is 2. The van der Waals surface area contributed by atoms with Gasteiger partial charge in [0.1, 0.15) is 5.75 Å². The van der Waals surface area contributed by atoms with Crippen LogP contribution < -0.4 is 0 Å². The van der Waals surface area contributed by atoms with Gasteiger partial charge in [0.2, 0.25) is 0 Å². The van der Waals surface area contributed by atoms with E-state index in [1.54, 1.807) is 12.1 Å². The van der Waals surface area contributed by atoms with Crippen molar-refractivity contribution in [1.82, 2.24) is 0 Å². The van der Waals surface area contributed by atoms with E-state index >= 15 is 0 Å². The van der Waals surface area contributed by atoms with Crippen molar-refractivity contribution in [3.05, 3.63) is 77.9 Å². The molecule has 0 fully saturated rings. The van der Waals surface area contributed by atoms with Crippen LogP contribution in [0.15, 0.2) is 66.3 Å². The standard InChI is InChI=1S/C13H12O.C6H7.C2H6Si.Ti/c1-10-7-12(9-13(14)8-10)11-5-3-2-4-6-11;1-6-4-2-3-5-6;1-3-2;/h2-9,14H,1H3;2,4H,3H2,1H3;1-2H3;/q;-1;;. The van der Waals surface area contributed by atoms with Crippen molar-refractivity contribution in [3.63, 3.8) is 0 Å². The summed E-state index contributed by atoms with van der Waals surface area (Å²) in [6.45, 7) is 8.34. The Morgan fingerprint density at radius 2 is 1.58 bits per heavy atom. The molecule has 0 aliphatic heterocycles. The van der Waals surface area contributed by atoms with Crippen LogP contribution in [0.1, 0.15) is 18.9 Å². The summed E-state index contributed by atoms with van der Waals surface area (Å²) in [6.07, 6.45) is 8.33. The van der Waals surface area contributed by atoms with Crippen LogP contribution in [0, 0.1) is 13.0 Å². The Bertz CT molecular complexity index is 625. The van der Waals surface area contributed by atoms with E-state index in [4.69, 9.17) is 0 Å². The van der Waals surface area contributed by atoms with Crippen LogP contribution in [-0.2, 0) is 21.7 Å². The topological polar surface area (TPSA) is 20.2 Å². The number of allylic oxidation sites excluding steroid dienone is 4. The van der Waals surface area contributed by atoms with Crippen molar-refractivity contribution in [2.75, 3.05) is 0 Å². The second-order valence-corrected chi connectivity index (χ2v) is 6.39. The van der Waals surface area contributed by atoms with Gasteiger partial charge in [-0.3, -0.25) is 6.08 Å². The summed E-state index contributed by atoms with van der Waals surface area (Å²) in [5.41, 5.74) is 4.54. The Morgan fingerprint density at radius 1 is 0.958 bits per heavy atom. The minimum absolute atomic E-state index is 0. The largest absolute Gasteiger partial charge is 0.508 e. The van der Waals surface area contributed by atoms with Gasteiger partial charge in [0, 0.05) is 31.2 Å². The van der Waals surface area contributed by atoms with Crippen molar-refractivity contribution in [2.24, 2.45) is 0 Å². The van der Waals surface area contributed by atoms with Gasteiger partial charge in [0.25, 0.3) is 0 Å². The van der Waals surface area contributed by atoms with Gasteiger partial charge >= 0.3 is 0 Å². The van der Waals surface area contributed by atoms with E-state index in [1.165, 1.54) is 5.57 Å². The van der Waals surface area contributed by atoms with E-state index in [0.29, 0.717) is 5.75 Å². The third kappa shape index (κ3) is 9.07. The molecule has 0 spiro atoms. The molecule has 24 heavy (non-hydrogen) atoms. The number of rotatable bonds is 1. The van der Waals surface area contributed by atoms with E-state index in [9.17, 15) is 5.11 Å². The third-order valence-electron chi connectivity index (χ3n) is 3.04. The SMILES string of the molecule is CC1=[C-]CC=C1.C[Si]C.Cc1cc(O)cc(-c2ccccc2)c1.[Ti]. The number of phenolic OH excluding ortho intramolecular Hbond substituents is 1. The van der Waals surface area contributed by atoms with Crippen LogP contribution in [0.2, 0.25) is 13.1 Å². The molecule has 2 aromatic rings. The first-order valence-electron chi connectivity index (χ1n) is 7.75. The molecule has 3 rings (SSSR count). The molecule has 3 heteroatoms. The van der Waals surface area contributed by atoms with Crippen molar-refractivity contribution < 1.29 is 26.8 Å². The zero-order valence-electron chi connectivity index (χ0n) is 14.9. The Hall–Kier alpha value is -1.35. The summed E-state index contributed by atoms with van der Waals surface area (Å²) < 4.78 is 0. The Balaban J connectivity index is 0.000000444. The van der Waals surface area contributed by atoms with E-state index < -0.39 is 0 Å². The van der Waals surface area contributed by atoms with Crippen LogP contribution in [-0.4, -0.2) is 14.6 Å². The van der Waals surface area contributed by atoms with E-state index in [1.807, 2.05) is 37.3 Å². The molecule has 0 heterocycles. The molecule has 0 bridgehead atoms. The third-order valence-corrected chi connectivity index (χ3v) is 3.04. The van der Waals surface area contributed by atoms with Crippen molar-refractivity contribution in [2.45, 2.75) is 33.4 Å². The second kappa shape index (κ2) is 13.0. The number of phenols is 1. The zero-order valence-corrected chi connectivity index (χ0v) is 17.5. The summed E-state index contributed by atoms with van der Waals surface area (Å²) in [6, 6.07) is 15.6. The van der Waals surface area contributed by atoms with Gasteiger partial charge in [-0.1, -0.05) is 56.4 Å². The molecule has 1 nitrogen and oxygen atoms in total. The van der Waals surface area contributed by atoms with Crippen LogP contribution in [0.4, 0.5) is 0 Å². The number of aromatic hydroxyl groups is 1. The number of hydrogen-bond donors (Lipinski definition) is 1. The molecule has 0 saturated carbocycles. The Kier molecular flexibility index (Phi) is 12.3. The molecule has 1 aliphatic carbocycles. The van der Waals surface area contributed by atoms with Gasteiger partial charge in [0.15, 0.2) is 0 Å². The molecular formula is C21H25OSiTi-. The van der Waals surface area contributed by atoms with Gasteiger partial charge in [-0.2, -0.15) is 6.08 Å². The van der Waals surface area contributed by atoms with Gasteiger partial charge < -0.3 is 5.11 Å². The summed E-state index contributed by atoms with van der Waals surface area (Å²) in [7, 11) is 1.08. The summed E-state index contributed by atoms with van der Waals surface area (Å²) >= 11 is 0. The second-order valence-electron chi connectivity index (χ2n) is 5.39. The normalized spacial score (nSPS) is 11.2. The van der Waals surface area contributed by atoms with Crippen LogP contribution in [0.5, 0.6) is 5.75 Å². The molecule has 1 N–H and O–H groups in total. The number of aryl methyl sites for hydroxylation is 1. The van der Waals surface area contributed by atoms with Gasteiger partial charge in [0.05, 0.1) is 0 Å². The minimum Gasteiger partial charge on any atom is -0.508 e. The summed E-state index contributed by atoms with van der Waals surface area (Å²) in [4.78, 5) is 0. The smallest absolute Gasteiger partial charge is 0.116 e. The van der Waals surface area contributed by atoms with E-state index in [0.717, 1.165) is 32.6 Å². The maximum atomic E-state index is 9.46. The zero-order chi connectivity index (χ0) is 17.1. The molecule has 2 aromatic carbocycles. The first-order chi connectivity index (χ1) is 11.1. The molecule has 0 aromatic heterocycles. The molecule has 0 amide bonds. The van der Waals surface area contributed by atoms with Crippen molar-refractivity contribution in [3.8, 4) is 16.9 Å². The monoisotopic (exact) mass is 369 g/mol. The van der Waals surface area contributed by atoms with Crippen molar-refractivity contribution >= 4 is 9.52 Å². The predicted octanol–water partition coefficient (Wildman–Crippen LogP) is 5.85. The predicted molar refractivity (Wildman–Crippen MR) is 102 cm³/mol. The molecule has 0 unspecified atom stereocenters. The first-order valence-corrected chi connectivity index (χ1v) is 9.75. The molecular weight excluding hydrogens is 344 g/mol. The molecule has 0 saturated heterocycles. The van der Waals surface area contributed by atoms with E-state index in [2.05, 4.69) is 44.3 Å². The van der Waals surface area contributed by atoms with Gasteiger partial charge in [-0.05, 0) is 35.7 Å². The van der Waals surface area contributed by atoms with Crippen molar-refractivity contribution in [1.29, 1.82) is 0 Å². The maximum Gasteiger partial charge on any atom is 0.116 e. The van der Waals surface area contributed by atoms with Crippen LogP contribution in [0.25, 0.3) is 11.1 Å². The molecule has 1 aliphatic rings.